The average molecular weight is 390 g/mol. The van der Waals surface area contributed by atoms with Crippen molar-refractivity contribution in [1.29, 1.82) is 0 Å². The minimum absolute atomic E-state index is 0.0317. The number of carbonyl (C=O) groups is 2. The summed E-state index contributed by atoms with van der Waals surface area (Å²) in [5.74, 6) is -0.730. The zero-order chi connectivity index (χ0) is 19.6. The molecule has 1 N–H and O–H groups in total. The van der Waals surface area contributed by atoms with Gasteiger partial charge in [0, 0.05) is 17.1 Å². The molecule has 0 bridgehead atoms. The number of imide groups is 1. The maximum Gasteiger partial charge on any atom is 0.326 e. The van der Waals surface area contributed by atoms with Crippen molar-refractivity contribution in [2.24, 2.45) is 0 Å². The number of hydrogen-bond donors (Lipinski definition) is 1. The average Bonchev–Trinajstić information content (AvgIpc) is 2.90. The quantitative estimate of drug-likeness (QED) is 0.766. The smallest absolute Gasteiger partial charge is 0.319 e. The topological polar surface area (TPSA) is 52.7 Å². The van der Waals surface area contributed by atoms with E-state index in [9.17, 15) is 14.0 Å². The molecule has 142 valence electrons. The second-order valence-corrected chi connectivity index (χ2v) is 7.05. The van der Waals surface area contributed by atoms with Gasteiger partial charge in [0.2, 0.25) is 0 Å². The maximum atomic E-state index is 14.0. The van der Waals surface area contributed by atoms with Crippen molar-refractivity contribution in [2.45, 2.75) is 25.4 Å². The van der Waals surface area contributed by atoms with Gasteiger partial charge in [0.15, 0.2) is 0 Å². The summed E-state index contributed by atoms with van der Waals surface area (Å²) in [6, 6.07) is 13.2. The van der Waals surface area contributed by atoms with E-state index in [4.69, 9.17) is 11.6 Å². The highest BCUT2D eigenvalue weighted by Gasteiger charge is 2.51. The van der Waals surface area contributed by atoms with Crippen LogP contribution in [0, 0.1) is 5.82 Å². The third-order valence-electron chi connectivity index (χ3n) is 4.85. The number of hydrogen-bond acceptors (Lipinski definition) is 3. The van der Waals surface area contributed by atoms with E-state index >= 15 is 0 Å². The van der Waals surface area contributed by atoms with E-state index in [1.165, 1.54) is 12.1 Å². The van der Waals surface area contributed by atoms with Gasteiger partial charge in [-0.2, -0.15) is 0 Å². The molecule has 1 fully saturated rings. The Morgan fingerprint density at radius 3 is 2.48 bits per heavy atom. The highest BCUT2D eigenvalue weighted by molar-refractivity contribution is 6.31. The Hall–Kier alpha value is -2.44. The van der Waals surface area contributed by atoms with Crippen LogP contribution in [0.4, 0.5) is 9.18 Å². The minimum atomic E-state index is -1.07. The molecule has 1 aliphatic rings. The Balaban J connectivity index is 1.79. The first kappa shape index (κ1) is 19.3. The summed E-state index contributed by atoms with van der Waals surface area (Å²) in [7, 11) is 1.71. The first-order valence-electron chi connectivity index (χ1n) is 8.70. The SMILES string of the molecule is CC[C@]1(c2ccccc2)NC(=O)N(CN(C)Cc2c(F)cccc2Cl)C1=O. The molecule has 0 unspecified atom stereocenters. The molecule has 0 saturated carbocycles. The fourth-order valence-electron chi connectivity index (χ4n) is 3.36. The van der Waals surface area contributed by atoms with Gasteiger partial charge in [0.1, 0.15) is 11.4 Å². The molecular weight excluding hydrogens is 369 g/mol. The molecule has 2 aromatic rings. The van der Waals surface area contributed by atoms with E-state index in [1.807, 2.05) is 37.3 Å². The van der Waals surface area contributed by atoms with Crippen LogP contribution in [0.25, 0.3) is 0 Å². The van der Waals surface area contributed by atoms with Crippen LogP contribution in [-0.4, -0.2) is 35.5 Å². The summed E-state index contributed by atoms with van der Waals surface area (Å²) in [6.45, 7) is 2.06. The summed E-state index contributed by atoms with van der Waals surface area (Å²) in [4.78, 5) is 28.5. The number of nitrogens with zero attached hydrogens (tertiary/aromatic N) is 2. The lowest BCUT2D eigenvalue weighted by Gasteiger charge is -2.27. The third kappa shape index (κ3) is 3.55. The first-order chi connectivity index (χ1) is 12.9. The molecule has 1 aliphatic heterocycles. The normalized spacial score (nSPS) is 19.7. The summed E-state index contributed by atoms with van der Waals surface area (Å²) < 4.78 is 14.0. The zero-order valence-corrected chi connectivity index (χ0v) is 16.0. The molecule has 1 saturated heterocycles. The molecule has 2 aromatic carbocycles. The summed E-state index contributed by atoms with van der Waals surface area (Å²) in [6.07, 6.45) is 0.431. The van der Waals surface area contributed by atoms with Crippen LogP contribution in [0.15, 0.2) is 48.5 Å². The molecule has 3 amide bonds. The van der Waals surface area contributed by atoms with Crippen LogP contribution >= 0.6 is 11.6 Å². The predicted molar refractivity (Wildman–Crippen MR) is 102 cm³/mol. The number of urea groups is 1. The molecule has 0 spiro atoms. The number of carbonyl (C=O) groups excluding carboxylic acids is 2. The minimum Gasteiger partial charge on any atom is -0.319 e. The van der Waals surface area contributed by atoms with E-state index in [1.54, 1.807) is 18.0 Å². The number of amides is 3. The molecule has 0 aliphatic carbocycles. The van der Waals surface area contributed by atoms with E-state index < -0.39 is 17.4 Å². The number of halogens is 2. The van der Waals surface area contributed by atoms with Crippen LogP contribution in [0.5, 0.6) is 0 Å². The highest BCUT2D eigenvalue weighted by atomic mass is 35.5. The second kappa shape index (κ2) is 7.66. The van der Waals surface area contributed by atoms with Crippen LogP contribution in [-0.2, 0) is 16.9 Å². The Morgan fingerprint density at radius 2 is 1.85 bits per heavy atom. The molecule has 1 heterocycles. The summed E-state index contributed by atoms with van der Waals surface area (Å²) >= 11 is 6.07. The van der Waals surface area contributed by atoms with Gasteiger partial charge in [-0.25, -0.2) is 14.1 Å². The van der Waals surface area contributed by atoms with Crippen molar-refractivity contribution in [3.63, 3.8) is 0 Å². The van der Waals surface area contributed by atoms with Crippen molar-refractivity contribution < 1.29 is 14.0 Å². The molecule has 3 rings (SSSR count). The summed E-state index contributed by atoms with van der Waals surface area (Å²) in [5, 5.41) is 3.15. The van der Waals surface area contributed by atoms with Crippen molar-refractivity contribution in [2.75, 3.05) is 13.7 Å². The van der Waals surface area contributed by atoms with Crippen molar-refractivity contribution >= 4 is 23.5 Å². The van der Waals surface area contributed by atoms with Crippen molar-refractivity contribution in [3.05, 3.63) is 70.5 Å². The van der Waals surface area contributed by atoms with Crippen LogP contribution in [0.2, 0.25) is 5.02 Å². The van der Waals surface area contributed by atoms with Gasteiger partial charge in [-0.05, 0) is 31.2 Å². The van der Waals surface area contributed by atoms with Crippen LogP contribution in [0.1, 0.15) is 24.5 Å². The largest absolute Gasteiger partial charge is 0.326 e. The first-order valence-corrected chi connectivity index (χ1v) is 9.08. The van der Waals surface area contributed by atoms with Crippen molar-refractivity contribution in [3.8, 4) is 0 Å². The molecular formula is C20H21ClFN3O2. The predicted octanol–water partition coefficient (Wildman–Crippen LogP) is 3.73. The Labute approximate surface area is 162 Å². The highest BCUT2D eigenvalue weighted by Crippen LogP contribution is 2.32. The Bertz CT molecular complexity index is 841. The fraction of sp³-hybridized carbons (Fsp3) is 0.300. The molecule has 5 nitrogen and oxygen atoms in total. The molecule has 27 heavy (non-hydrogen) atoms. The van der Waals surface area contributed by atoms with Gasteiger partial charge in [0.05, 0.1) is 6.67 Å². The molecule has 0 aromatic heterocycles. The summed E-state index contributed by atoms with van der Waals surface area (Å²) in [5.41, 5.74) is 0.00106. The van der Waals surface area contributed by atoms with E-state index in [0.29, 0.717) is 17.0 Å². The zero-order valence-electron chi connectivity index (χ0n) is 15.2. The van der Waals surface area contributed by atoms with Gasteiger partial charge < -0.3 is 5.32 Å². The number of benzene rings is 2. The van der Waals surface area contributed by atoms with E-state index in [2.05, 4.69) is 5.32 Å². The van der Waals surface area contributed by atoms with E-state index in [0.717, 1.165) is 10.5 Å². The lowest BCUT2D eigenvalue weighted by atomic mass is 9.87. The van der Waals surface area contributed by atoms with Gasteiger partial charge >= 0.3 is 6.03 Å². The number of nitrogens with one attached hydrogen (secondary N) is 1. The monoisotopic (exact) mass is 389 g/mol. The fourth-order valence-corrected chi connectivity index (χ4v) is 3.58. The Morgan fingerprint density at radius 1 is 1.15 bits per heavy atom. The van der Waals surface area contributed by atoms with Crippen LogP contribution in [0.3, 0.4) is 0 Å². The second-order valence-electron chi connectivity index (χ2n) is 6.64. The van der Waals surface area contributed by atoms with Gasteiger partial charge in [0.25, 0.3) is 5.91 Å². The van der Waals surface area contributed by atoms with E-state index in [-0.39, 0.29) is 19.1 Å². The van der Waals surface area contributed by atoms with Gasteiger partial charge in [-0.3, -0.25) is 9.69 Å². The number of rotatable bonds is 6. The van der Waals surface area contributed by atoms with Crippen molar-refractivity contribution in [1.82, 2.24) is 15.1 Å². The maximum absolute atomic E-state index is 14.0. The van der Waals surface area contributed by atoms with Crippen LogP contribution < -0.4 is 5.32 Å². The lowest BCUT2D eigenvalue weighted by molar-refractivity contribution is -0.133. The third-order valence-corrected chi connectivity index (χ3v) is 5.20. The molecule has 7 heteroatoms. The molecule has 0 radical (unpaired) electrons. The molecule has 1 atom stereocenters. The van der Waals surface area contributed by atoms with Gasteiger partial charge in [-0.15, -0.1) is 0 Å². The van der Waals surface area contributed by atoms with Gasteiger partial charge in [-0.1, -0.05) is 54.9 Å². The Kier molecular flexibility index (Phi) is 5.48. The lowest BCUT2D eigenvalue weighted by Crippen LogP contribution is -2.44. The standard InChI is InChI=1S/C20H21ClFN3O2/c1-3-20(14-8-5-4-6-9-14)18(26)25(19(27)23-20)13-24(2)12-15-16(21)10-7-11-17(15)22/h4-11H,3,12-13H2,1-2H3,(H,23,27)/t20-/m1/s1.